The monoisotopic (exact) mass is 285 g/mol. The molecule has 0 amide bonds. The second-order valence-corrected chi connectivity index (χ2v) is 6.77. The number of aliphatic carboxylic acids is 1. The summed E-state index contributed by atoms with van der Waals surface area (Å²) in [7, 11) is -3.36. The normalized spacial score (nSPS) is 20.2. The number of rotatable bonds is 3. The van der Waals surface area contributed by atoms with Gasteiger partial charge in [0.25, 0.3) is 0 Å². The Morgan fingerprint density at radius 1 is 1.53 bits per heavy atom. The van der Waals surface area contributed by atoms with Gasteiger partial charge in [-0.3, -0.25) is 0 Å². The van der Waals surface area contributed by atoms with E-state index in [4.69, 9.17) is 15.6 Å². The Hall–Kier alpha value is -1.60. The van der Waals surface area contributed by atoms with Crippen LogP contribution in [0.25, 0.3) is 0 Å². The van der Waals surface area contributed by atoms with Crippen molar-refractivity contribution in [2.75, 3.05) is 6.26 Å². The van der Waals surface area contributed by atoms with Crippen LogP contribution in [0.5, 0.6) is 5.75 Å². The average Bonchev–Trinajstić information content (AvgIpc) is 2.35. The van der Waals surface area contributed by atoms with Crippen LogP contribution in [0.1, 0.15) is 22.9 Å². The van der Waals surface area contributed by atoms with Crippen LogP contribution in [0, 0.1) is 0 Å². The quantitative estimate of drug-likeness (QED) is 0.836. The highest BCUT2D eigenvalue weighted by molar-refractivity contribution is 7.90. The molecule has 0 fully saturated rings. The third-order valence-corrected chi connectivity index (χ3v) is 4.29. The highest BCUT2D eigenvalue weighted by Gasteiger charge is 2.27. The van der Waals surface area contributed by atoms with E-state index in [0.29, 0.717) is 24.2 Å². The molecule has 0 saturated carbocycles. The minimum Gasteiger partial charge on any atom is -0.479 e. The zero-order chi connectivity index (χ0) is 14.2. The number of hydrogen-bond acceptors (Lipinski definition) is 5. The van der Waals surface area contributed by atoms with Gasteiger partial charge in [-0.25, -0.2) is 13.2 Å². The fourth-order valence-electron chi connectivity index (χ4n) is 2.01. The summed E-state index contributed by atoms with van der Waals surface area (Å²) in [6.45, 7) is 0. The molecule has 1 aromatic rings. The lowest BCUT2D eigenvalue weighted by Crippen LogP contribution is -2.31. The summed E-state index contributed by atoms with van der Waals surface area (Å²) in [5, 5.41) is 7.81. The van der Waals surface area contributed by atoms with E-state index >= 15 is 0 Å². The van der Waals surface area contributed by atoms with Gasteiger partial charge >= 0.3 is 5.97 Å². The highest BCUT2D eigenvalue weighted by Crippen LogP contribution is 2.30. The van der Waals surface area contributed by atoms with Crippen LogP contribution < -0.4 is 10.5 Å². The van der Waals surface area contributed by atoms with Gasteiger partial charge in [-0.2, -0.15) is 0 Å². The van der Waals surface area contributed by atoms with Gasteiger partial charge in [-0.1, -0.05) is 6.07 Å². The third-order valence-electron chi connectivity index (χ3n) is 3.09. The SMILES string of the molecule is CS(=O)(=O)C(N)c1ccc2c(c1)CC[C@@H](C(=O)O)O2. The Kier molecular flexibility index (Phi) is 3.51. The zero-order valence-corrected chi connectivity index (χ0v) is 11.2. The molecule has 0 aromatic heterocycles. The molecule has 2 rings (SSSR count). The van der Waals surface area contributed by atoms with E-state index in [1.165, 1.54) is 0 Å². The molecule has 0 spiro atoms. The van der Waals surface area contributed by atoms with E-state index in [2.05, 4.69) is 0 Å². The van der Waals surface area contributed by atoms with Gasteiger partial charge in [-0.15, -0.1) is 0 Å². The molecule has 0 radical (unpaired) electrons. The number of nitrogens with two attached hydrogens (primary N) is 1. The van der Waals surface area contributed by atoms with Crippen LogP contribution in [0.15, 0.2) is 18.2 Å². The first kappa shape index (κ1) is 13.8. The minimum absolute atomic E-state index is 0.361. The summed E-state index contributed by atoms with van der Waals surface area (Å²) in [4.78, 5) is 10.8. The molecule has 0 saturated heterocycles. The number of sulfone groups is 1. The lowest BCUT2D eigenvalue weighted by Gasteiger charge is -2.24. The Morgan fingerprint density at radius 3 is 2.79 bits per heavy atom. The Bertz CT molecular complexity index is 611. The summed E-state index contributed by atoms with van der Waals surface area (Å²) in [5.74, 6) is -0.523. The first-order valence-corrected chi connectivity index (χ1v) is 7.71. The lowest BCUT2D eigenvalue weighted by atomic mass is 10.00. The van der Waals surface area contributed by atoms with Crippen molar-refractivity contribution < 1.29 is 23.1 Å². The molecule has 2 atom stereocenters. The van der Waals surface area contributed by atoms with Crippen molar-refractivity contribution in [2.45, 2.75) is 24.3 Å². The smallest absolute Gasteiger partial charge is 0.344 e. The van der Waals surface area contributed by atoms with E-state index in [1.807, 2.05) is 0 Å². The van der Waals surface area contributed by atoms with Gasteiger partial charge in [-0.05, 0) is 36.1 Å². The molecule has 7 heteroatoms. The predicted octanol–water partition coefficient (Wildman–Crippen LogP) is 0.467. The Labute approximate surface area is 111 Å². The molecular weight excluding hydrogens is 270 g/mol. The van der Waals surface area contributed by atoms with Gasteiger partial charge in [0, 0.05) is 6.26 Å². The van der Waals surface area contributed by atoms with Crippen molar-refractivity contribution in [3.05, 3.63) is 29.3 Å². The van der Waals surface area contributed by atoms with Crippen molar-refractivity contribution in [1.29, 1.82) is 0 Å². The van der Waals surface area contributed by atoms with E-state index in [-0.39, 0.29) is 0 Å². The van der Waals surface area contributed by atoms with Gasteiger partial charge in [0.05, 0.1) is 0 Å². The minimum atomic E-state index is -3.36. The first-order chi connectivity index (χ1) is 8.79. The Morgan fingerprint density at radius 2 is 2.21 bits per heavy atom. The molecule has 0 aliphatic carbocycles. The first-order valence-electron chi connectivity index (χ1n) is 5.76. The maximum Gasteiger partial charge on any atom is 0.344 e. The van der Waals surface area contributed by atoms with Crippen LogP contribution in [0.3, 0.4) is 0 Å². The highest BCUT2D eigenvalue weighted by atomic mass is 32.2. The van der Waals surface area contributed by atoms with E-state index in [1.54, 1.807) is 18.2 Å². The number of aryl methyl sites for hydroxylation is 1. The largest absolute Gasteiger partial charge is 0.479 e. The van der Waals surface area contributed by atoms with Crippen molar-refractivity contribution in [3.8, 4) is 5.75 Å². The summed E-state index contributed by atoms with van der Waals surface area (Å²) in [6.07, 6.45) is 1.12. The van der Waals surface area contributed by atoms with Crippen LogP contribution in [-0.4, -0.2) is 31.9 Å². The van der Waals surface area contributed by atoms with Gasteiger partial charge in [0.1, 0.15) is 11.1 Å². The number of carbonyl (C=O) groups is 1. The number of hydrogen-bond donors (Lipinski definition) is 2. The molecular formula is C12H15NO5S. The molecule has 1 heterocycles. The Balaban J connectivity index is 2.30. The number of carboxylic acids is 1. The lowest BCUT2D eigenvalue weighted by molar-refractivity contribution is -0.145. The predicted molar refractivity (Wildman–Crippen MR) is 68.6 cm³/mol. The van der Waals surface area contributed by atoms with Gasteiger partial charge in [0.15, 0.2) is 15.9 Å². The van der Waals surface area contributed by atoms with Crippen molar-refractivity contribution in [1.82, 2.24) is 0 Å². The molecule has 104 valence electrons. The molecule has 1 aliphatic rings. The summed E-state index contributed by atoms with van der Waals surface area (Å²) >= 11 is 0. The molecule has 3 N–H and O–H groups in total. The fourth-order valence-corrected chi connectivity index (χ4v) is 2.65. The topological polar surface area (TPSA) is 107 Å². The summed E-state index contributed by atoms with van der Waals surface area (Å²) in [6, 6.07) is 4.79. The number of carboxylic acid groups (broad SMARTS) is 1. The fraction of sp³-hybridized carbons (Fsp3) is 0.417. The second-order valence-electron chi connectivity index (χ2n) is 4.60. The van der Waals surface area contributed by atoms with Crippen molar-refractivity contribution >= 4 is 15.8 Å². The van der Waals surface area contributed by atoms with Crippen molar-refractivity contribution in [2.24, 2.45) is 5.73 Å². The summed E-state index contributed by atoms with van der Waals surface area (Å²) < 4.78 is 28.1. The standard InChI is InChI=1S/C12H15NO5S/c1-19(16,17)11(13)8-3-4-9-7(6-8)2-5-10(18-9)12(14)15/h3-4,6,10-11H,2,5,13H2,1H3,(H,14,15)/t10-,11?/m0/s1. The number of benzene rings is 1. The summed E-state index contributed by atoms with van der Waals surface area (Å²) in [5.41, 5.74) is 6.93. The van der Waals surface area contributed by atoms with Crippen LogP contribution in [0.4, 0.5) is 0 Å². The molecule has 0 bridgehead atoms. The molecule has 1 aliphatic heterocycles. The molecule has 1 unspecified atom stereocenters. The van der Waals surface area contributed by atoms with Gasteiger partial charge in [0.2, 0.25) is 0 Å². The maximum absolute atomic E-state index is 11.4. The van der Waals surface area contributed by atoms with E-state index in [0.717, 1.165) is 11.8 Å². The number of fused-ring (bicyclic) bond motifs is 1. The molecule has 6 nitrogen and oxygen atoms in total. The number of ether oxygens (including phenoxy) is 1. The van der Waals surface area contributed by atoms with Crippen LogP contribution >= 0.6 is 0 Å². The average molecular weight is 285 g/mol. The van der Waals surface area contributed by atoms with Crippen LogP contribution in [-0.2, 0) is 21.1 Å². The van der Waals surface area contributed by atoms with E-state index in [9.17, 15) is 13.2 Å². The molecule has 1 aromatic carbocycles. The van der Waals surface area contributed by atoms with Crippen molar-refractivity contribution in [3.63, 3.8) is 0 Å². The third kappa shape index (κ3) is 2.87. The van der Waals surface area contributed by atoms with Gasteiger partial charge < -0.3 is 15.6 Å². The van der Waals surface area contributed by atoms with Crippen LogP contribution in [0.2, 0.25) is 0 Å². The maximum atomic E-state index is 11.4. The molecule has 19 heavy (non-hydrogen) atoms. The zero-order valence-electron chi connectivity index (χ0n) is 10.4. The second kappa shape index (κ2) is 4.82. The van der Waals surface area contributed by atoms with E-state index < -0.39 is 27.3 Å².